The number of hydrogen-bond acceptors (Lipinski definition) is 2. The van der Waals surface area contributed by atoms with E-state index in [-0.39, 0.29) is 0 Å². The molecule has 2 nitrogen and oxygen atoms in total. The van der Waals surface area contributed by atoms with Crippen LogP contribution in [0.3, 0.4) is 0 Å². The highest BCUT2D eigenvalue weighted by Gasteiger charge is 2.55. The number of aromatic nitrogens is 1. The lowest BCUT2D eigenvalue weighted by molar-refractivity contribution is 0.119. The minimum absolute atomic E-state index is 0.580. The zero-order chi connectivity index (χ0) is 38.0. The van der Waals surface area contributed by atoms with E-state index in [0.717, 1.165) is 72.6 Å². The summed E-state index contributed by atoms with van der Waals surface area (Å²) in [6.07, 6.45) is 0. The monoisotopic (exact) mass is 727 g/mol. The van der Waals surface area contributed by atoms with Crippen molar-refractivity contribution in [2.75, 3.05) is 0 Å². The summed E-state index contributed by atoms with van der Waals surface area (Å²) in [7, 11) is 0. The fraction of sp³-hybridized carbons (Fsp3) is 0.0364. The van der Waals surface area contributed by atoms with Crippen molar-refractivity contribution in [3.05, 3.63) is 257 Å². The Morgan fingerprint density at radius 1 is 0.281 bits per heavy atom. The van der Waals surface area contributed by atoms with Crippen molar-refractivity contribution in [1.82, 2.24) is 4.98 Å². The summed E-state index contributed by atoms with van der Waals surface area (Å²) < 4.78 is 0. The first-order valence-electron chi connectivity index (χ1n) is 19.6. The smallest absolute Gasteiger partial charge is 0.141 e. The Morgan fingerprint density at radius 2 is 0.649 bits per heavy atom. The van der Waals surface area contributed by atoms with Crippen LogP contribution in [0.25, 0.3) is 55.9 Å². The number of hydrogen-bond donors (Lipinski definition) is 1. The van der Waals surface area contributed by atoms with Gasteiger partial charge in [-0.3, -0.25) is 0 Å². The van der Waals surface area contributed by atoms with Crippen LogP contribution in [0.2, 0.25) is 0 Å². The molecule has 268 valence electrons. The van der Waals surface area contributed by atoms with E-state index in [2.05, 4.69) is 200 Å². The Balaban J connectivity index is 1.07. The SMILES string of the molecule is OC1(c2ccccc2-c2ccc(-c3cc(-c4ccccc4)cc(-c4ccccc4)n3)cc2)c2ccccc2C2(c3ccccc3-c3ccccc32)c2ccccc21. The van der Waals surface area contributed by atoms with Gasteiger partial charge in [0, 0.05) is 16.7 Å². The van der Waals surface area contributed by atoms with E-state index in [9.17, 15) is 5.11 Å². The highest BCUT2D eigenvalue weighted by Crippen LogP contribution is 2.63. The van der Waals surface area contributed by atoms with Gasteiger partial charge in [0.2, 0.25) is 0 Å². The fourth-order valence-corrected chi connectivity index (χ4v) is 9.75. The zero-order valence-corrected chi connectivity index (χ0v) is 31.2. The molecule has 1 heterocycles. The van der Waals surface area contributed by atoms with Gasteiger partial charge >= 0.3 is 0 Å². The van der Waals surface area contributed by atoms with Crippen LogP contribution < -0.4 is 0 Å². The molecule has 0 amide bonds. The lowest BCUT2D eigenvalue weighted by atomic mass is 9.56. The molecule has 0 radical (unpaired) electrons. The van der Waals surface area contributed by atoms with Crippen molar-refractivity contribution in [2.45, 2.75) is 11.0 Å². The molecule has 2 aliphatic carbocycles. The van der Waals surface area contributed by atoms with Crippen molar-refractivity contribution in [1.29, 1.82) is 0 Å². The Morgan fingerprint density at radius 3 is 1.18 bits per heavy atom. The third kappa shape index (κ3) is 4.91. The molecule has 1 aromatic heterocycles. The average Bonchev–Trinajstić information content (AvgIpc) is 3.59. The predicted molar refractivity (Wildman–Crippen MR) is 232 cm³/mol. The first-order valence-corrected chi connectivity index (χ1v) is 19.6. The van der Waals surface area contributed by atoms with Crippen LogP contribution in [0.4, 0.5) is 0 Å². The van der Waals surface area contributed by atoms with Crippen molar-refractivity contribution in [3.63, 3.8) is 0 Å². The van der Waals surface area contributed by atoms with Gasteiger partial charge in [0.1, 0.15) is 5.60 Å². The Hall–Kier alpha value is -7.13. The van der Waals surface area contributed by atoms with Crippen molar-refractivity contribution in [2.24, 2.45) is 0 Å². The van der Waals surface area contributed by atoms with Gasteiger partial charge in [-0.25, -0.2) is 4.98 Å². The van der Waals surface area contributed by atoms with Gasteiger partial charge in [0.05, 0.1) is 16.8 Å². The molecular formula is C55H37NO. The second-order valence-corrected chi connectivity index (χ2v) is 15.1. The van der Waals surface area contributed by atoms with Crippen LogP contribution in [-0.4, -0.2) is 10.1 Å². The molecule has 57 heavy (non-hydrogen) atoms. The number of pyridine rings is 1. The highest BCUT2D eigenvalue weighted by atomic mass is 16.3. The predicted octanol–water partition coefficient (Wildman–Crippen LogP) is 12.7. The second-order valence-electron chi connectivity index (χ2n) is 15.1. The van der Waals surface area contributed by atoms with Crippen molar-refractivity contribution in [3.8, 4) is 55.9 Å². The van der Waals surface area contributed by atoms with Gasteiger partial charge < -0.3 is 5.11 Å². The molecule has 0 atom stereocenters. The molecular weight excluding hydrogens is 691 g/mol. The molecule has 0 aliphatic heterocycles. The topological polar surface area (TPSA) is 33.1 Å². The average molecular weight is 728 g/mol. The van der Waals surface area contributed by atoms with Crippen molar-refractivity contribution >= 4 is 0 Å². The van der Waals surface area contributed by atoms with E-state index in [4.69, 9.17) is 4.98 Å². The van der Waals surface area contributed by atoms with E-state index in [1.165, 1.54) is 22.3 Å². The van der Waals surface area contributed by atoms with Crippen LogP contribution in [0, 0.1) is 0 Å². The van der Waals surface area contributed by atoms with Crippen LogP contribution >= 0.6 is 0 Å². The second kappa shape index (κ2) is 13.0. The third-order valence-corrected chi connectivity index (χ3v) is 12.2. The van der Waals surface area contributed by atoms with Gasteiger partial charge in [-0.15, -0.1) is 0 Å². The number of rotatable bonds is 5. The number of nitrogens with zero attached hydrogens (tertiary/aromatic N) is 1. The van der Waals surface area contributed by atoms with E-state index in [1.807, 2.05) is 18.2 Å². The summed E-state index contributed by atoms with van der Waals surface area (Å²) in [5.41, 5.74) is 16.0. The van der Waals surface area contributed by atoms with Gasteiger partial charge in [0.25, 0.3) is 0 Å². The van der Waals surface area contributed by atoms with Gasteiger partial charge in [-0.2, -0.15) is 0 Å². The molecule has 9 aromatic rings. The molecule has 8 aromatic carbocycles. The Labute approximate surface area is 333 Å². The largest absolute Gasteiger partial charge is 0.376 e. The summed E-state index contributed by atoms with van der Waals surface area (Å²) in [5, 5.41) is 13.7. The fourth-order valence-electron chi connectivity index (χ4n) is 9.75. The quantitative estimate of drug-likeness (QED) is 0.191. The molecule has 2 heteroatoms. The van der Waals surface area contributed by atoms with Gasteiger partial charge in [0.15, 0.2) is 0 Å². The molecule has 0 unspecified atom stereocenters. The van der Waals surface area contributed by atoms with Crippen LogP contribution in [0.15, 0.2) is 218 Å². The highest BCUT2D eigenvalue weighted by molar-refractivity contribution is 5.89. The summed E-state index contributed by atoms with van der Waals surface area (Å²) in [6, 6.07) is 76.9. The number of benzene rings is 8. The number of fused-ring (bicyclic) bond motifs is 9. The summed E-state index contributed by atoms with van der Waals surface area (Å²) in [5.74, 6) is 0. The first kappa shape index (κ1) is 33.2. The standard InChI is InChI=1S/C55H37NO/c57-55(50-29-15-13-27-48(50)54(49-28-14-16-30-51(49)55)45-24-10-8-22-43(45)44-23-9-11-25-46(44)54)47-26-12-7-21-42(47)38-31-33-40(34-32-38)53-36-41(37-17-3-1-4-18-37)35-52(56-53)39-19-5-2-6-20-39/h1-36,57H. The van der Waals surface area contributed by atoms with E-state index < -0.39 is 11.0 Å². The summed E-state index contributed by atoms with van der Waals surface area (Å²) >= 11 is 0. The third-order valence-electron chi connectivity index (χ3n) is 12.2. The molecule has 2 aliphatic rings. The minimum Gasteiger partial charge on any atom is -0.376 e. The van der Waals surface area contributed by atoms with Crippen molar-refractivity contribution < 1.29 is 5.11 Å². The number of aliphatic hydroxyl groups is 1. The summed E-state index contributed by atoms with van der Waals surface area (Å²) in [4.78, 5) is 5.18. The Bertz CT molecular complexity index is 2810. The normalized spacial score (nSPS) is 14.0. The first-order chi connectivity index (χ1) is 28.2. The maximum atomic E-state index is 13.7. The van der Waals surface area contributed by atoms with Crippen LogP contribution in [0.5, 0.6) is 0 Å². The lowest BCUT2D eigenvalue weighted by Gasteiger charge is -2.47. The van der Waals surface area contributed by atoms with E-state index >= 15 is 0 Å². The molecule has 11 rings (SSSR count). The molecule has 0 fully saturated rings. The molecule has 1 N–H and O–H groups in total. The zero-order valence-electron chi connectivity index (χ0n) is 31.2. The van der Waals surface area contributed by atoms with Crippen LogP contribution in [-0.2, 0) is 11.0 Å². The van der Waals surface area contributed by atoms with Crippen LogP contribution in [0.1, 0.15) is 38.9 Å². The molecule has 1 spiro atoms. The minimum atomic E-state index is -1.43. The Kier molecular flexibility index (Phi) is 7.57. The maximum absolute atomic E-state index is 13.7. The molecule has 0 bridgehead atoms. The molecule has 0 saturated carbocycles. The molecule has 0 saturated heterocycles. The van der Waals surface area contributed by atoms with Gasteiger partial charge in [-0.05, 0) is 78.9 Å². The van der Waals surface area contributed by atoms with E-state index in [1.54, 1.807) is 0 Å². The van der Waals surface area contributed by atoms with E-state index in [0.29, 0.717) is 0 Å². The van der Waals surface area contributed by atoms with Gasteiger partial charge in [-0.1, -0.05) is 206 Å². The summed E-state index contributed by atoms with van der Waals surface area (Å²) in [6.45, 7) is 0. The lowest BCUT2D eigenvalue weighted by Crippen LogP contribution is -2.44. The maximum Gasteiger partial charge on any atom is 0.141 e.